The number of rotatable bonds is 3. The van der Waals surface area contributed by atoms with E-state index in [9.17, 15) is 21.6 Å². The zero-order valence-corrected chi connectivity index (χ0v) is 9.00. The Kier molecular flexibility index (Phi) is 3.47. The van der Waals surface area contributed by atoms with Crippen LogP contribution in [0.3, 0.4) is 0 Å². The number of allylic oxidation sites excluding steroid dienone is 3. The van der Waals surface area contributed by atoms with Crippen molar-refractivity contribution in [1.82, 2.24) is 4.31 Å². The van der Waals surface area contributed by atoms with Crippen LogP contribution in [0.5, 0.6) is 0 Å². The van der Waals surface area contributed by atoms with Crippen molar-refractivity contribution in [2.24, 2.45) is 5.92 Å². The van der Waals surface area contributed by atoms with Gasteiger partial charge in [0, 0.05) is 18.3 Å². The molecule has 0 atom stereocenters. The Morgan fingerprint density at radius 3 is 2.19 bits per heavy atom. The Bertz CT molecular complexity index is 409. The van der Waals surface area contributed by atoms with E-state index in [0.717, 1.165) is 12.4 Å². The fraction of sp³-hybridized carbons (Fsp3) is 0.333. The molecule has 0 aliphatic carbocycles. The molecule has 0 amide bonds. The summed E-state index contributed by atoms with van der Waals surface area (Å²) in [5, 5.41) is 0. The van der Waals surface area contributed by atoms with Crippen LogP contribution in [0.25, 0.3) is 0 Å². The second-order valence-corrected chi connectivity index (χ2v) is 4.99. The summed E-state index contributed by atoms with van der Waals surface area (Å²) in [4.78, 5) is 0. The SMILES string of the molecule is C=CCC1C=CN(S(=O)(=O)C(F)(F)F)C=C1. The van der Waals surface area contributed by atoms with E-state index >= 15 is 0 Å². The first-order valence-electron chi connectivity index (χ1n) is 4.36. The summed E-state index contributed by atoms with van der Waals surface area (Å²) in [6.07, 6.45) is 6.71. The van der Waals surface area contributed by atoms with Crippen molar-refractivity contribution in [3.63, 3.8) is 0 Å². The van der Waals surface area contributed by atoms with Gasteiger partial charge >= 0.3 is 15.5 Å². The van der Waals surface area contributed by atoms with Gasteiger partial charge in [-0.25, -0.2) is 4.31 Å². The largest absolute Gasteiger partial charge is 0.517 e. The smallest absolute Gasteiger partial charge is 0.246 e. The van der Waals surface area contributed by atoms with Gasteiger partial charge in [0.15, 0.2) is 0 Å². The highest BCUT2D eigenvalue weighted by atomic mass is 32.2. The van der Waals surface area contributed by atoms with Crippen molar-refractivity contribution in [2.75, 3.05) is 0 Å². The molecular weight excluding hydrogens is 243 g/mol. The first kappa shape index (κ1) is 12.8. The molecule has 16 heavy (non-hydrogen) atoms. The molecule has 1 heterocycles. The van der Waals surface area contributed by atoms with Gasteiger partial charge in [0.25, 0.3) is 0 Å². The zero-order valence-electron chi connectivity index (χ0n) is 8.18. The predicted octanol–water partition coefficient (Wildman–Crippen LogP) is 2.37. The second kappa shape index (κ2) is 4.32. The normalized spacial score (nSPS) is 17.8. The van der Waals surface area contributed by atoms with Crippen molar-refractivity contribution < 1.29 is 21.6 Å². The fourth-order valence-electron chi connectivity index (χ4n) is 1.13. The van der Waals surface area contributed by atoms with Crippen LogP contribution in [0.1, 0.15) is 6.42 Å². The van der Waals surface area contributed by atoms with Gasteiger partial charge in [-0.1, -0.05) is 18.2 Å². The summed E-state index contributed by atoms with van der Waals surface area (Å²) < 4.78 is 58.5. The van der Waals surface area contributed by atoms with Gasteiger partial charge in [-0.15, -0.1) is 6.58 Å². The van der Waals surface area contributed by atoms with E-state index in [-0.39, 0.29) is 10.2 Å². The molecular formula is C9H10F3NO2S. The fourth-order valence-corrected chi connectivity index (χ4v) is 1.83. The quantitative estimate of drug-likeness (QED) is 0.724. The molecule has 0 aromatic carbocycles. The van der Waals surface area contributed by atoms with Gasteiger partial charge in [0.1, 0.15) is 0 Å². The van der Waals surface area contributed by atoms with E-state index in [0.29, 0.717) is 6.42 Å². The molecule has 1 rings (SSSR count). The standard InChI is InChI=1S/C9H10F3NO2S/c1-2-3-8-4-6-13(7-5-8)16(14,15)9(10,11)12/h2,4-8H,1,3H2. The number of nitrogens with zero attached hydrogens (tertiary/aromatic N) is 1. The molecule has 0 saturated carbocycles. The molecule has 1 aliphatic heterocycles. The van der Waals surface area contributed by atoms with Crippen molar-refractivity contribution >= 4 is 10.0 Å². The van der Waals surface area contributed by atoms with Crippen LogP contribution in [0.4, 0.5) is 13.2 Å². The molecule has 7 heteroatoms. The molecule has 0 radical (unpaired) electrons. The first-order chi connectivity index (χ1) is 7.29. The third-order valence-electron chi connectivity index (χ3n) is 1.97. The first-order valence-corrected chi connectivity index (χ1v) is 5.80. The Balaban J connectivity index is 2.86. The molecule has 0 aromatic heterocycles. The lowest BCUT2D eigenvalue weighted by atomic mass is 10.0. The van der Waals surface area contributed by atoms with Crippen LogP contribution >= 0.6 is 0 Å². The third kappa shape index (κ3) is 2.46. The summed E-state index contributed by atoms with van der Waals surface area (Å²) in [7, 11) is -5.30. The number of halogens is 3. The van der Waals surface area contributed by atoms with Gasteiger partial charge in [-0.3, -0.25) is 0 Å². The molecule has 1 aliphatic rings. The van der Waals surface area contributed by atoms with Gasteiger partial charge in [0.05, 0.1) is 0 Å². The number of alkyl halides is 3. The summed E-state index contributed by atoms with van der Waals surface area (Å²) in [6, 6.07) is 0. The lowest BCUT2D eigenvalue weighted by molar-refractivity contribution is -0.0468. The van der Waals surface area contributed by atoms with Crippen LogP contribution < -0.4 is 0 Å². The van der Waals surface area contributed by atoms with Gasteiger partial charge in [0.2, 0.25) is 0 Å². The molecule has 0 saturated heterocycles. The minimum atomic E-state index is -5.30. The summed E-state index contributed by atoms with van der Waals surface area (Å²) in [6.45, 7) is 3.48. The van der Waals surface area contributed by atoms with Crippen molar-refractivity contribution in [1.29, 1.82) is 0 Å². The van der Waals surface area contributed by atoms with Gasteiger partial charge < -0.3 is 0 Å². The van der Waals surface area contributed by atoms with Crippen molar-refractivity contribution in [3.8, 4) is 0 Å². The molecule has 0 fully saturated rings. The molecule has 90 valence electrons. The zero-order chi connectivity index (χ0) is 12.4. The minimum absolute atomic E-state index is 0.114. The third-order valence-corrected chi connectivity index (χ3v) is 3.35. The van der Waals surface area contributed by atoms with Crippen molar-refractivity contribution in [2.45, 2.75) is 11.9 Å². The predicted molar refractivity (Wildman–Crippen MR) is 53.4 cm³/mol. The highest BCUT2D eigenvalue weighted by Crippen LogP contribution is 2.29. The van der Waals surface area contributed by atoms with E-state index in [1.165, 1.54) is 12.2 Å². The van der Waals surface area contributed by atoms with E-state index in [2.05, 4.69) is 6.58 Å². The number of hydrogen-bond acceptors (Lipinski definition) is 2. The molecule has 0 N–H and O–H groups in total. The van der Waals surface area contributed by atoms with Crippen LogP contribution in [0.15, 0.2) is 37.2 Å². The van der Waals surface area contributed by atoms with E-state index in [4.69, 9.17) is 0 Å². The number of hydrogen-bond donors (Lipinski definition) is 0. The summed E-state index contributed by atoms with van der Waals surface area (Å²) in [5.41, 5.74) is -5.28. The highest BCUT2D eigenvalue weighted by Gasteiger charge is 2.49. The maximum Gasteiger partial charge on any atom is 0.517 e. The van der Waals surface area contributed by atoms with E-state index in [1.54, 1.807) is 6.08 Å². The molecule has 0 spiro atoms. The van der Waals surface area contributed by atoms with E-state index in [1.807, 2.05) is 0 Å². The molecule has 3 nitrogen and oxygen atoms in total. The topological polar surface area (TPSA) is 37.4 Å². The van der Waals surface area contributed by atoms with Crippen LogP contribution in [-0.2, 0) is 10.0 Å². The van der Waals surface area contributed by atoms with Crippen molar-refractivity contribution in [3.05, 3.63) is 37.2 Å². The minimum Gasteiger partial charge on any atom is -0.246 e. The Hall–Kier alpha value is -1.24. The van der Waals surface area contributed by atoms with Gasteiger partial charge in [-0.2, -0.15) is 21.6 Å². The molecule has 0 unspecified atom stereocenters. The maximum absolute atomic E-state index is 12.1. The van der Waals surface area contributed by atoms with Crippen LogP contribution in [0.2, 0.25) is 0 Å². The second-order valence-electron chi connectivity index (χ2n) is 3.15. The summed E-state index contributed by atoms with van der Waals surface area (Å²) >= 11 is 0. The number of sulfonamides is 1. The average Bonchev–Trinajstić information content (AvgIpc) is 2.17. The average molecular weight is 253 g/mol. The Morgan fingerprint density at radius 1 is 1.31 bits per heavy atom. The Labute approximate surface area is 91.6 Å². The molecule has 0 aromatic rings. The molecule has 0 bridgehead atoms. The van der Waals surface area contributed by atoms with E-state index < -0.39 is 15.5 Å². The lowest BCUT2D eigenvalue weighted by Gasteiger charge is -2.21. The lowest BCUT2D eigenvalue weighted by Crippen LogP contribution is -2.35. The highest BCUT2D eigenvalue weighted by molar-refractivity contribution is 7.90. The van der Waals surface area contributed by atoms with Gasteiger partial charge in [-0.05, 0) is 6.42 Å². The van der Waals surface area contributed by atoms with Crippen LogP contribution in [-0.4, -0.2) is 18.2 Å². The maximum atomic E-state index is 12.1. The van der Waals surface area contributed by atoms with Crippen LogP contribution in [0, 0.1) is 5.92 Å². The Morgan fingerprint density at radius 2 is 1.81 bits per heavy atom. The monoisotopic (exact) mass is 253 g/mol. The summed E-state index contributed by atoms with van der Waals surface area (Å²) in [5.74, 6) is -0.114.